The normalized spacial score (nSPS) is 12.0. The molecule has 0 aliphatic heterocycles. The molecule has 0 radical (unpaired) electrons. The van der Waals surface area contributed by atoms with Crippen LogP contribution < -0.4 is 9.62 Å². The molecule has 0 unspecified atom stereocenters. The van der Waals surface area contributed by atoms with Crippen molar-refractivity contribution in [3.8, 4) is 0 Å². The first kappa shape index (κ1) is 30.0. The fraction of sp³-hybridized carbons (Fsp3) is 0.259. The second-order valence-corrected chi connectivity index (χ2v) is 12.3. The Kier molecular flexibility index (Phi) is 10.6. The summed E-state index contributed by atoms with van der Waals surface area (Å²) < 4.78 is 27.4. The van der Waals surface area contributed by atoms with Crippen molar-refractivity contribution in [1.29, 1.82) is 0 Å². The highest BCUT2D eigenvalue weighted by Gasteiger charge is 2.33. The van der Waals surface area contributed by atoms with E-state index in [2.05, 4.69) is 21.2 Å². The average Bonchev–Trinajstić information content (AvgIpc) is 2.87. The number of anilines is 1. The molecule has 11 heteroatoms. The van der Waals surface area contributed by atoms with Gasteiger partial charge in [-0.25, -0.2) is 8.42 Å². The van der Waals surface area contributed by atoms with Crippen molar-refractivity contribution in [1.82, 2.24) is 10.2 Å². The minimum atomic E-state index is -3.89. The molecular formula is C27H28BrCl2N3O4S. The summed E-state index contributed by atoms with van der Waals surface area (Å²) >= 11 is 15.6. The molecule has 1 atom stereocenters. The van der Waals surface area contributed by atoms with Crippen LogP contribution in [0.25, 0.3) is 0 Å². The minimum absolute atomic E-state index is 0.0969. The lowest BCUT2D eigenvalue weighted by Crippen LogP contribution is -2.53. The second-order valence-electron chi connectivity index (χ2n) is 8.62. The molecule has 3 rings (SSSR count). The number of sulfonamides is 1. The largest absolute Gasteiger partial charge is 0.355 e. The first-order chi connectivity index (χ1) is 18.0. The summed E-state index contributed by atoms with van der Waals surface area (Å²) in [6, 6.07) is 20.2. The van der Waals surface area contributed by atoms with E-state index in [1.165, 1.54) is 23.1 Å². The summed E-state index contributed by atoms with van der Waals surface area (Å²) in [6.45, 7) is 1.74. The molecule has 2 amide bonds. The van der Waals surface area contributed by atoms with E-state index in [0.717, 1.165) is 26.2 Å². The Morgan fingerprint density at radius 3 is 2.18 bits per heavy atom. The first-order valence-corrected chi connectivity index (χ1v) is 15.2. The van der Waals surface area contributed by atoms with Crippen LogP contribution >= 0.6 is 39.1 Å². The Morgan fingerprint density at radius 2 is 1.61 bits per heavy atom. The summed E-state index contributed by atoms with van der Waals surface area (Å²) in [5, 5.41) is 3.23. The monoisotopic (exact) mass is 639 g/mol. The van der Waals surface area contributed by atoms with Crippen LogP contribution in [0.2, 0.25) is 10.0 Å². The molecule has 1 N–H and O–H groups in total. The van der Waals surface area contributed by atoms with Crippen molar-refractivity contribution in [3.05, 3.63) is 98.4 Å². The quantitative estimate of drug-likeness (QED) is 0.308. The molecule has 0 spiro atoms. The third-order valence-electron chi connectivity index (χ3n) is 5.76. The van der Waals surface area contributed by atoms with Crippen LogP contribution in [0.5, 0.6) is 0 Å². The van der Waals surface area contributed by atoms with Gasteiger partial charge in [-0.3, -0.25) is 13.9 Å². The highest BCUT2D eigenvalue weighted by molar-refractivity contribution is 9.10. The molecule has 0 aliphatic carbocycles. The Morgan fingerprint density at radius 1 is 0.947 bits per heavy atom. The molecule has 0 heterocycles. The van der Waals surface area contributed by atoms with Gasteiger partial charge in [-0.2, -0.15) is 0 Å². The summed E-state index contributed by atoms with van der Waals surface area (Å²) in [6.07, 6.45) is 1.26. The lowest BCUT2D eigenvalue weighted by Gasteiger charge is -2.33. The van der Waals surface area contributed by atoms with Gasteiger partial charge in [0, 0.05) is 24.0 Å². The van der Waals surface area contributed by atoms with E-state index >= 15 is 0 Å². The number of rotatable bonds is 11. The van der Waals surface area contributed by atoms with Crippen LogP contribution in [-0.2, 0) is 32.6 Å². The predicted octanol–water partition coefficient (Wildman–Crippen LogP) is 5.30. The van der Waals surface area contributed by atoms with E-state index in [4.69, 9.17) is 23.2 Å². The number of hydrogen-bond acceptors (Lipinski definition) is 4. The van der Waals surface area contributed by atoms with E-state index in [9.17, 15) is 18.0 Å². The van der Waals surface area contributed by atoms with Crippen LogP contribution in [0, 0.1) is 0 Å². The zero-order valence-electron chi connectivity index (χ0n) is 20.9. The van der Waals surface area contributed by atoms with Crippen molar-refractivity contribution in [2.24, 2.45) is 0 Å². The molecule has 202 valence electrons. The highest BCUT2D eigenvalue weighted by Crippen LogP contribution is 2.29. The fourth-order valence-corrected chi connectivity index (χ4v) is 5.28. The number of nitrogens with zero attached hydrogens (tertiary/aromatic N) is 2. The molecule has 0 aromatic heterocycles. The maximum atomic E-state index is 13.9. The molecule has 0 bridgehead atoms. The third kappa shape index (κ3) is 8.20. The molecule has 0 fully saturated rings. The number of hydrogen-bond donors (Lipinski definition) is 1. The zero-order valence-corrected chi connectivity index (χ0v) is 24.8. The smallest absolute Gasteiger partial charge is 0.244 e. The number of nitrogens with one attached hydrogen (secondary N) is 1. The van der Waals surface area contributed by atoms with Gasteiger partial charge >= 0.3 is 0 Å². The predicted molar refractivity (Wildman–Crippen MR) is 156 cm³/mol. The van der Waals surface area contributed by atoms with Gasteiger partial charge in [0.25, 0.3) is 0 Å². The number of carbonyl (C=O) groups is 2. The van der Waals surface area contributed by atoms with Crippen LogP contribution in [0.1, 0.15) is 18.1 Å². The van der Waals surface area contributed by atoms with E-state index in [0.29, 0.717) is 6.54 Å². The maximum Gasteiger partial charge on any atom is 0.244 e. The van der Waals surface area contributed by atoms with Gasteiger partial charge in [-0.1, -0.05) is 81.6 Å². The van der Waals surface area contributed by atoms with Gasteiger partial charge < -0.3 is 10.2 Å². The second kappa shape index (κ2) is 13.5. The van der Waals surface area contributed by atoms with Gasteiger partial charge in [-0.05, 0) is 48.4 Å². The highest BCUT2D eigenvalue weighted by atomic mass is 79.9. The number of benzene rings is 3. The molecule has 38 heavy (non-hydrogen) atoms. The lowest BCUT2D eigenvalue weighted by atomic mass is 10.0. The molecule has 3 aromatic rings. The van der Waals surface area contributed by atoms with Crippen LogP contribution in [0.15, 0.2) is 77.3 Å². The Bertz CT molecular complexity index is 1370. The van der Waals surface area contributed by atoms with Gasteiger partial charge in [0.05, 0.1) is 22.0 Å². The van der Waals surface area contributed by atoms with Gasteiger partial charge in [0.15, 0.2) is 0 Å². The van der Waals surface area contributed by atoms with Crippen molar-refractivity contribution in [2.75, 3.05) is 23.7 Å². The summed E-state index contributed by atoms with van der Waals surface area (Å²) in [7, 11) is -3.89. The molecule has 7 nitrogen and oxygen atoms in total. The topological polar surface area (TPSA) is 86.8 Å². The van der Waals surface area contributed by atoms with Gasteiger partial charge in [0.2, 0.25) is 21.8 Å². The molecule has 0 saturated carbocycles. The van der Waals surface area contributed by atoms with Crippen molar-refractivity contribution >= 4 is 66.7 Å². The Balaban J connectivity index is 2.04. The first-order valence-electron chi connectivity index (χ1n) is 11.8. The molecule has 0 aliphatic rings. The molecular weight excluding hydrogens is 613 g/mol. The van der Waals surface area contributed by atoms with E-state index < -0.39 is 28.5 Å². The average molecular weight is 641 g/mol. The Hall–Kier alpha value is -2.59. The standard InChI is InChI=1S/C27H28BrCl2N3O4S/c1-3-31-27(35)25(15-19-7-5-4-6-8-19)32(17-20-9-11-21(28)12-10-20)26(34)18-33(38(2,36)37)22-13-14-23(29)24(30)16-22/h4-14,16,25H,3,15,17-18H2,1-2H3,(H,31,35)/t25-/m1/s1. The number of carbonyl (C=O) groups excluding carboxylic acids is 2. The summed E-state index contributed by atoms with van der Waals surface area (Å²) in [4.78, 5) is 28.6. The third-order valence-corrected chi connectivity index (χ3v) is 8.17. The summed E-state index contributed by atoms with van der Waals surface area (Å²) in [5.41, 5.74) is 1.84. The van der Waals surface area contributed by atoms with Gasteiger partial charge in [-0.15, -0.1) is 0 Å². The number of amides is 2. The van der Waals surface area contributed by atoms with E-state index in [-0.39, 0.29) is 34.6 Å². The maximum absolute atomic E-state index is 13.9. The SMILES string of the molecule is CCNC(=O)[C@@H](Cc1ccccc1)N(Cc1ccc(Br)cc1)C(=O)CN(c1ccc(Cl)c(Cl)c1)S(C)(=O)=O. The van der Waals surface area contributed by atoms with Crippen molar-refractivity contribution in [3.63, 3.8) is 0 Å². The van der Waals surface area contributed by atoms with Crippen molar-refractivity contribution in [2.45, 2.75) is 25.9 Å². The zero-order chi connectivity index (χ0) is 27.9. The Labute approximate surface area is 241 Å². The van der Waals surface area contributed by atoms with Crippen molar-refractivity contribution < 1.29 is 18.0 Å². The lowest BCUT2D eigenvalue weighted by molar-refractivity contribution is -0.140. The molecule has 3 aromatic carbocycles. The molecule has 0 saturated heterocycles. The number of halogens is 3. The van der Waals surface area contributed by atoms with E-state index in [1.807, 2.05) is 54.6 Å². The number of likely N-dealkylation sites (N-methyl/N-ethyl adjacent to an activating group) is 1. The van der Waals surface area contributed by atoms with Crippen LogP contribution in [-0.4, -0.2) is 50.5 Å². The minimum Gasteiger partial charge on any atom is -0.355 e. The van der Waals surface area contributed by atoms with Gasteiger partial charge in [0.1, 0.15) is 12.6 Å². The fourth-order valence-electron chi connectivity index (χ4n) is 3.89. The summed E-state index contributed by atoms with van der Waals surface area (Å²) in [5.74, 6) is -0.876. The van der Waals surface area contributed by atoms with Crippen LogP contribution in [0.4, 0.5) is 5.69 Å². The van der Waals surface area contributed by atoms with Crippen LogP contribution in [0.3, 0.4) is 0 Å². The van der Waals surface area contributed by atoms with E-state index in [1.54, 1.807) is 6.92 Å².